The summed E-state index contributed by atoms with van der Waals surface area (Å²) in [5, 5.41) is 10.4. The van der Waals surface area contributed by atoms with Crippen molar-refractivity contribution >= 4 is 31.9 Å². The van der Waals surface area contributed by atoms with Crippen LogP contribution in [0.1, 0.15) is 22.8 Å². The SMILES string of the molecule is COCCc1ccc(C(O)c2cc(Br)cc(Br)c2)cc1. The van der Waals surface area contributed by atoms with E-state index in [1.807, 2.05) is 42.5 Å². The van der Waals surface area contributed by atoms with Crippen molar-refractivity contribution in [2.24, 2.45) is 0 Å². The van der Waals surface area contributed by atoms with Gasteiger partial charge in [0.1, 0.15) is 6.10 Å². The molecule has 1 atom stereocenters. The number of halogens is 2. The van der Waals surface area contributed by atoms with E-state index in [4.69, 9.17) is 4.74 Å². The largest absolute Gasteiger partial charge is 0.384 e. The summed E-state index contributed by atoms with van der Waals surface area (Å²) in [6, 6.07) is 13.8. The fraction of sp³-hybridized carbons (Fsp3) is 0.250. The van der Waals surface area contributed by atoms with Crippen molar-refractivity contribution in [1.29, 1.82) is 0 Å². The van der Waals surface area contributed by atoms with E-state index in [1.165, 1.54) is 5.56 Å². The Kier molecular flexibility index (Phi) is 5.78. The molecule has 0 heterocycles. The summed E-state index contributed by atoms with van der Waals surface area (Å²) in [4.78, 5) is 0. The second-order valence-corrected chi connectivity index (χ2v) is 6.42. The van der Waals surface area contributed by atoms with Gasteiger partial charge in [0.25, 0.3) is 0 Å². The van der Waals surface area contributed by atoms with Crippen LogP contribution in [0.2, 0.25) is 0 Å². The highest BCUT2D eigenvalue weighted by molar-refractivity contribution is 9.11. The summed E-state index contributed by atoms with van der Waals surface area (Å²) in [5.41, 5.74) is 2.95. The average molecular weight is 400 g/mol. The van der Waals surface area contributed by atoms with Crippen LogP contribution < -0.4 is 0 Å². The fourth-order valence-electron chi connectivity index (χ4n) is 2.01. The highest BCUT2D eigenvalue weighted by atomic mass is 79.9. The normalized spacial score (nSPS) is 12.4. The number of benzene rings is 2. The molecule has 106 valence electrons. The standard InChI is InChI=1S/C16H16Br2O2/c1-20-7-6-11-2-4-12(5-3-11)16(19)13-8-14(17)10-15(18)9-13/h2-5,8-10,16,19H,6-7H2,1H3. The summed E-state index contributed by atoms with van der Waals surface area (Å²) < 4.78 is 6.94. The molecule has 1 N–H and O–H groups in total. The fourth-order valence-corrected chi connectivity index (χ4v) is 3.34. The van der Waals surface area contributed by atoms with Gasteiger partial charge in [-0.25, -0.2) is 0 Å². The maximum Gasteiger partial charge on any atom is 0.104 e. The van der Waals surface area contributed by atoms with Gasteiger partial charge in [-0.3, -0.25) is 0 Å². The maximum atomic E-state index is 10.4. The van der Waals surface area contributed by atoms with Crippen molar-refractivity contribution in [3.63, 3.8) is 0 Å². The van der Waals surface area contributed by atoms with Crippen LogP contribution in [-0.2, 0) is 11.2 Å². The third-order valence-electron chi connectivity index (χ3n) is 3.09. The summed E-state index contributed by atoms with van der Waals surface area (Å²) in [6.07, 6.45) is 0.259. The molecular formula is C16H16Br2O2. The maximum absolute atomic E-state index is 10.4. The van der Waals surface area contributed by atoms with E-state index in [0.717, 1.165) is 26.5 Å². The molecule has 0 amide bonds. The molecule has 0 saturated heterocycles. The molecule has 0 aromatic heterocycles. The van der Waals surface area contributed by atoms with Crippen LogP contribution >= 0.6 is 31.9 Å². The van der Waals surface area contributed by atoms with Crippen LogP contribution in [0.15, 0.2) is 51.4 Å². The van der Waals surface area contributed by atoms with Gasteiger partial charge in [-0.15, -0.1) is 0 Å². The van der Waals surface area contributed by atoms with Gasteiger partial charge in [0, 0.05) is 16.1 Å². The minimum absolute atomic E-state index is 0.625. The molecule has 0 fully saturated rings. The van der Waals surface area contributed by atoms with Crippen LogP contribution in [0, 0.1) is 0 Å². The summed E-state index contributed by atoms with van der Waals surface area (Å²) in [6.45, 7) is 0.709. The van der Waals surface area contributed by atoms with E-state index in [2.05, 4.69) is 31.9 Å². The number of aliphatic hydroxyl groups excluding tert-OH is 1. The zero-order valence-corrected chi connectivity index (χ0v) is 14.3. The number of hydrogen-bond acceptors (Lipinski definition) is 2. The second kappa shape index (κ2) is 7.36. The molecule has 1 unspecified atom stereocenters. The first-order valence-corrected chi connectivity index (χ1v) is 7.90. The third kappa shape index (κ3) is 4.16. The molecule has 2 rings (SSSR count). The van der Waals surface area contributed by atoms with E-state index < -0.39 is 6.10 Å². The molecule has 0 aliphatic carbocycles. The van der Waals surface area contributed by atoms with Crippen molar-refractivity contribution in [2.75, 3.05) is 13.7 Å². The van der Waals surface area contributed by atoms with Gasteiger partial charge < -0.3 is 9.84 Å². The minimum Gasteiger partial charge on any atom is -0.384 e. The number of rotatable bonds is 5. The van der Waals surface area contributed by atoms with Crippen molar-refractivity contribution in [2.45, 2.75) is 12.5 Å². The monoisotopic (exact) mass is 398 g/mol. The Hall–Kier alpha value is -0.680. The van der Waals surface area contributed by atoms with Gasteiger partial charge in [-0.05, 0) is 41.3 Å². The molecule has 0 radical (unpaired) electrons. The van der Waals surface area contributed by atoms with Crippen molar-refractivity contribution < 1.29 is 9.84 Å². The van der Waals surface area contributed by atoms with Gasteiger partial charge in [-0.1, -0.05) is 56.1 Å². The first-order chi connectivity index (χ1) is 9.60. The minimum atomic E-state index is -0.625. The molecule has 0 spiro atoms. The third-order valence-corrected chi connectivity index (χ3v) is 4.01. The lowest BCUT2D eigenvalue weighted by atomic mass is 10.00. The van der Waals surface area contributed by atoms with Crippen molar-refractivity contribution in [3.05, 3.63) is 68.1 Å². The highest BCUT2D eigenvalue weighted by Gasteiger charge is 2.11. The molecule has 4 heteroatoms. The van der Waals surface area contributed by atoms with Crippen molar-refractivity contribution in [1.82, 2.24) is 0 Å². The Morgan fingerprint density at radius 3 is 2.15 bits per heavy atom. The molecule has 0 saturated carbocycles. The van der Waals surface area contributed by atoms with Crippen LogP contribution in [0.5, 0.6) is 0 Å². The molecule has 0 aliphatic heterocycles. The Labute approximate surface area is 136 Å². The number of aliphatic hydroxyl groups is 1. The average Bonchev–Trinajstić information content (AvgIpc) is 2.44. The lowest BCUT2D eigenvalue weighted by Crippen LogP contribution is -2.01. The predicted molar refractivity (Wildman–Crippen MR) is 87.9 cm³/mol. The van der Waals surface area contributed by atoms with Gasteiger partial charge in [0.05, 0.1) is 6.61 Å². The Balaban J connectivity index is 2.17. The number of methoxy groups -OCH3 is 1. The zero-order chi connectivity index (χ0) is 14.5. The van der Waals surface area contributed by atoms with E-state index in [9.17, 15) is 5.11 Å². The van der Waals surface area contributed by atoms with E-state index in [1.54, 1.807) is 7.11 Å². The quantitative estimate of drug-likeness (QED) is 0.802. The number of hydrogen-bond donors (Lipinski definition) is 1. The molecule has 20 heavy (non-hydrogen) atoms. The van der Waals surface area contributed by atoms with Gasteiger partial charge in [0.15, 0.2) is 0 Å². The van der Waals surface area contributed by atoms with E-state index in [0.29, 0.717) is 6.61 Å². The molecule has 2 aromatic carbocycles. The molecule has 2 aromatic rings. The Bertz CT molecular complexity index is 547. The summed E-state index contributed by atoms with van der Waals surface area (Å²) in [7, 11) is 1.70. The van der Waals surface area contributed by atoms with Crippen LogP contribution in [0.4, 0.5) is 0 Å². The van der Waals surface area contributed by atoms with Gasteiger partial charge in [-0.2, -0.15) is 0 Å². The van der Waals surface area contributed by atoms with Crippen LogP contribution in [-0.4, -0.2) is 18.8 Å². The molecule has 2 nitrogen and oxygen atoms in total. The van der Waals surface area contributed by atoms with Crippen molar-refractivity contribution in [3.8, 4) is 0 Å². The van der Waals surface area contributed by atoms with Gasteiger partial charge >= 0.3 is 0 Å². The molecule has 0 bridgehead atoms. The topological polar surface area (TPSA) is 29.5 Å². The molecule has 0 aliphatic rings. The van der Waals surface area contributed by atoms with Gasteiger partial charge in [0.2, 0.25) is 0 Å². The Morgan fingerprint density at radius 2 is 1.60 bits per heavy atom. The van der Waals surface area contributed by atoms with Crippen LogP contribution in [0.25, 0.3) is 0 Å². The lowest BCUT2D eigenvalue weighted by Gasteiger charge is -2.13. The van der Waals surface area contributed by atoms with E-state index in [-0.39, 0.29) is 0 Å². The highest BCUT2D eigenvalue weighted by Crippen LogP contribution is 2.28. The summed E-state index contributed by atoms with van der Waals surface area (Å²) >= 11 is 6.88. The Morgan fingerprint density at radius 1 is 1.00 bits per heavy atom. The van der Waals surface area contributed by atoms with E-state index >= 15 is 0 Å². The zero-order valence-electron chi connectivity index (χ0n) is 11.1. The van der Waals surface area contributed by atoms with Crippen LogP contribution in [0.3, 0.4) is 0 Å². The smallest absolute Gasteiger partial charge is 0.104 e. The number of ether oxygens (including phenoxy) is 1. The second-order valence-electron chi connectivity index (χ2n) is 4.59. The first-order valence-electron chi connectivity index (χ1n) is 6.32. The molecular weight excluding hydrogens is 384 g/mol. The predicted octanol–water partition coefficient (Wildman–Crippen LogP) is 4.48. The lowest BCUT2D eigenvalue weighted by molar-refractivity contribution is 0.202. The summed E-state index contributed by atoms with van der Waals surface area (Å²) in [5.74, 6) is 0. The first kappa shape index (κ1) is 15.7.